The molecule has 0 heterocycles. The Hall–Kier alpha value is -2.61. The summed E-state index contributed by atoms with van der Waals surface area (Å²) in [4.78, 5) is 9.81. The molecule has 2 aromatic rings. The Morgan fingerprint density at radius 1 is 1.17 bits per heavy atom. The van der Waals surface area contributed by atoms with Crippen LogP contribution >= 0.6 is 0 Å². The molecular formula is C15H15NO6S. The quantitative estimate of drug-likeness (QED) is 0.664. The van der Waals surface area contributed by atoms with E-state index in [-0.39, 0.29) is 15.5 Å². The van der Waals surface area contributed by atoms with E-state index in [0.717, 1.165) is 24.1 Å². The molecule has 0 aliphatic rings. The van der Waals surface area contributed by atoms with Crippen molar-refractivity contribution in [3.8, 4) is 11.5 Å². The molecule has 1 N–H and O–H groups in total. The third-order valence-corrected chi connectivity index (χ3v) is 5.15. The molecule has 2 rings (SSSR count). The molecule has 23 heavy (non-hydrogen) atoms. The summed E-state index contributed by atoms with van der Waals surface area (Å²) in [5.41, 5.74) is 0.242. The van der Waals surface area contributed by atoms with Crippen LogP contribution in [-0.2, 0) is 16.3 Å². The summed E-state index contributed by atoms with van der Waals surface area (Å²) in [5, 5.41) is 20.7. The number of aromatic hydroxyl groups is 1. The number of nitro benzene ring substituents is 1. The molecule has 0 bridgehead atoms. The number of ether oxygens (including phenoxy) is 1. The lowest BCUT2D eigenvalue weighted by Crippen LogP contribution is -2.04. The molecule has 0 radical (unpaired) electrons. The number of phenols is 1. The number of methoxy groups -OCH3 is 1. The van der Waals surface area contributed by atoms with E-state index in [1.165, 1.54) is 19.2 Å². The number of phenolic OH excluding ortho intramolecular Hbond substituents is 1. The second kappa shape index (κ2) is 6.25. The number of rotatable bonds is 5. The maximum Gasteiger partial charge on any atom is 0.315 e. The van der Waals surface area contributed by atoms with Gasteiger partial charge in [-0.2, -0.15) is 0 Å². The van der Waals surface area contributed by atoms with Crippen LogP contribution in [0.5, 0.6) is 11.5 Å². The molecule has 7 nitrogen and oxygen atoms in total. The molecule has 0 saturated carbocycles. The van der Waals surface area contributed by atoms with Gasteiger partial charge in [-0.3, -0.25) is 10.1 Å². The summed E-state index contributed by atoms with van der Waals surface area (Å²) >= 11 is 0. The number of nitro groups is 1. The zero-order valence-electron chi connectivity index (χ0n) is 12.5. The summed E-state index contributed by atoms with van der Waals surface area (Å²) in [6.45, 7) is 1.94. The molecule has 0 saturated heterocycles. The van der Waals surface area contributed by atoms with E-state index in [4.69, 9.17) is 4.74 Å². The Morgan fingerprint density at radius 3 is 2.26 bits per heavy atom. The lowest BCUT2D eigenvalue weighted by atomic mass is 10.2. The van der Waals surface area contributed by atoms with Crippen LogP contribution < -0.4 is 4.74 Å². The molecule has 0 unspecified atom stereocenters. The van der Waals surface area contributed by atoms with Crippen molar-refractivity contribution in [1.29, 1.82) is 0 Å². The highest BCUT2D eigenvalue weighted by atomic mass is 32.2. The van der Waals surface area contributed by atoms with Gasteiger partial charge >= 0.3 is 5.69 Å². The SMILES string of the molecule is CCc1ccc(S(=O)(=O)c2cc(OC)c(O)c([N+](=O)[O-])c2)cc1. The second-order valence-electron chi connectivity index (χ2n) is 4.75. The zero-order valence-corrected chi connectivity index (χ0v) is 13.3. The first-order chi connectivity index (χ1) is 10.8. The minimum atomic E-state index is -3.96. The topological polar surface area (TPSA) is 107 Å². The van der Waals surface area contributed by atoms with Gasteiger partial charge in [0.2, 0.25) is 15.6 Å². The van der Waals surface area contributed by atoms with Gasteiger partial charge in [0.15, 0.2) is 5.75 Å². The smallest absolute Gasteiger partial charge is 0.315 e. The van der Waals surface area contributed by atoms with Crippen molar-refractivity contribution in [2.75, 3.05) is 7.11 Å². The minimum absolute atomic E-state index is 0.0109. The summed E-state index contributed by atoms with van der Waals surface area (Å²) in [5.74, 6) is -0.985. The average Bonchev–Trinajstić information content (AvgIpc) is 2.54. The number of sulfone groups is 1. The molecule has 0 aromatic heterocycles. The van der Waals surface area contributed by atoms with E-state index >= 15 is 0 Å². The lowest BCUT2D eigenvalue weighted by Gasteiger charge is -2.09. The largest absolute Gasteiger partial charge is 0.500 e. The summed E-state index contributed by atoms with van der Waals surface area (Å²) < 4.78 is 30.1. The van der Waals surface area contributed by atoms with Gasteiger partial charge in [-0.05, 0) is 24.1 Å². The van der Waals surface area contributed by atoms with Gasteiger partial charge in [0.05, 0.1) is 21.8 Å². The van der Waals surface area contributed by atoms with Crippen molar-refractivity contribution in [1.82, 2.24) is 0 Å². The van der Waals surface area contributed by atoms with Crippen molar-refractivity contribution in [3.05, 3.63) is 52.1 Å². The Labute approximate surface area is 133 Å². The van der Waals surface area contributed by atoms with Crippen LogP contribution in [0, 0.1) is 10.1 Å². The third-order valence-electron chi connectivity index (χ3n) is 3.40. The highest BCUT2D eigenvalue weighted by molar-refractivity contribution is 7.91. The number of hydrogen-bond donors (Lipinski definition) is 1. The van der Waals surface area contributed by atoms with Crippen molar-refractivity contribution >= 4 is 15.5 Å². The number of benzene rings is 2. The molecule has 0 amide bonds. The normalized spacial score (nSPS) is 11.2. The average molecular weight is 337 g/mol. The predicted molar refractivity (Wildman–Crippen MR) is 82.6 cm³/mol. The van der Waals surface area contributed by atoms with E-state index in [2.05, 4.69) is 0 Å². The second-order valence-corrected chi connectivity index (χ2v) is 6.70. The zero-order chi connectivity index (χ0) is 17.2. The minimum Gasteiger partial charge on any atom is -0.500 e. The third kappa shape index (κ3) is 3.11. The van der Waals surface area contributed by atoms with E-state index in [9.17, 15) is 23.6 Å². The molecule has 0 aliphatic carbocycles. The highest BCUT2D eigenvalue weighted by Crippen LogP contribution is 2.39. The van der Waals surface area contributed by atoms with Gasteiger partial charge in [0, 0.05) is 12.1 Å². The van der Waals surface area contributed by atoms with Crippen LogP contribution in [0.3, 0.4) is 0 Å². The maximum atomic E-state index is 12.6. The first-order valence-corrected chi connectivity index (χ1v) is 8.19. The van der Waals surface area contributed by atoms with E-state index < -0.39 is 26.2 Å². The fourth-order valence-corrected chi connectivity index (χ4v) is 3.35. The van der Waals surface area contributed by atoms with Crippen molar-refractivity contribution in [3.63, 3.8) is 0 Å². The highest BCUT2D eigenvalue weighted by Gasteiger charge is 2.26. The Morgan fingerprint density at radius 2 is 1.78 bits per heavy atom. The van der Waals surface area contributed by atoms with Crippen molar-refractivity contribution in [2.24, 2.45) is 0 Å². The number of aryl methyl sites for hydroxylation is 1. The van der Waals surface area contributed by atoms with Crippen LogP contribution in [0.25, 0.3) is 0 Å². The molecule has 0 fully saturated rings. The standard InChI is InChI=1S/C15H15NO6S/c1-3-10-4-6-11(7-5-10)23(20,21)12-8-13(16(18)19)15(17)14(9-12)22-2/h4-9,17H,3H2,1-2H3. The molecule has 122 valence electrons. The summed E-state index contributed by atoms with van der Waals surface area (Å²) in [7, 11) is -2.78. The molecule has 0 spiro atoms. The van der Waals surface area contributed by atoms with Gasteiger partial charge in [-0.1, -0.05) is 19.1 Å². The van der Waals surface area contributed by atoms with Crippen LogP contribution in [-0.4, -0.2) is 25.6 Å². The molecule has 0 atom stereocenters. The van der Waals surface area contributed by atoms with Gasteiger partial charge < -0.3 is 9.84 Å². The Bertz CT molecular complexity index is 843. The molecule has 2 aromatic carbocycles. The fourth-order valence-electron chi connectivity index (χ4n) is 2.06. The summed E-state index contributed by atoms with van der Waals surface area (Å²) in [6.07, 6.45) is 0.763. The fraction of sp³-hybridized carbons (Fsp3) is 0.200. The van der Waals surface area contributed by atoms with Crippen molar-refractivity contribution < 1.29 is 23.2 Å². The van der Waals surface area contributed by atoms with Gasteiger partial charge in [-0.25, -0.2) is 8.42 Å². The number of hydrogen-bond acceptors (Lipinski definition) is 6. The van der Waals surface area contributed by atoms with Crippen LogP contribution in [0.2, 0.25) is 0 Å². The monoisotopic (exact) mass is 337 g/mol. The first-order valence-electron chi connectivity index (χ1n) is 6.70. The van der Waals surface area contributed by atoms with E-state index in [1.807, 2.05) is 6.92 Å². The van der Waals surface area contributed by atoms with Crippen LogP contribution in [0.4, 0.5) is 5.69 Å². The number of nitrogens with zero attached hydrogens (tertiary/aromatic N) is 1. The molecule has 8 heteroatoms. The maximum absolute atomic E-state index is 12.6. The van der Waals surface area contributed by atoms with Crippen LogP contribution in [0.1, 0.15) is 12.5 Å². The first kappa shape index (κ1) is 16.8. The lowest BCUT2D eigenvalue weighted by molar-refractivity contribution is -0.386. The molecule has 0 aliphatic heterocycles. The Balaban J connectivity index is 2.63. The Kier molecular flexibility index (Phi) is 4.55. The van der Waals surface area contributed by atoms with Gasteiger partial charge in [0.25, 0.3) is 0 Å². The van der Waals surface area contributed by atoms with E-state index in [0.29, 0.717) is 0 Å². The summed E-state index contributed by atoms with van der Waals surface area (Å²) in [6, 6.07) is 8.13. The van der Waals surface area contributed by atoms with Crippen molar-refractivity contribution in [2.45, 2.75) is 23.1 Å². The van der Waals surface area contributed by atoms with Crippen LogP contribution in [0.15, 0.2) is 46.2 Å². The van der Waals surface area contributed by atoms with E-state index in [1.54, 1.807) is 12.1 Å². The van der Waals surface area contributed by atoms with Gasteiger partial charge in [0.1, 0.15) is 0 Å². The molecular weight excluding hydrogens is 322 g/mol. The predicted octanol–water partition coefficient (Wildman–Crippen LogP) is 2.70. The van der Waals surface area contributed by atoms with Gasteiger partial charge in [-0.15, -0.1) is 0 Å².